The van der Waals surface area contributed by atoms with Crippen molar-refractivity contribution in [3.05, 3.63) is 59.7 Å². The molecule has 0 unspecified atom stereocenters. The maximum atomic E-state index is 13.3. The normalized spacial score (nSPS) is 14.7. The standard InChI is InChI=1S/C21H17Br3N4O3S/c1-4-32-21-25-19(30)17-13-7-11(22)5-6-16(13)27(10(2)29)20(28(17)26-21)14-8-12(23)9-15(24)18(14)31-3/h5-9,20H,4H2,1-3H3/p+1/t20-/m0/s1. The molecule has 0 spiro atoms. The average molecular weight is 646 g/mol. The van der Waals surface area contributed by atoms with Crippen molar-refractivity contribution in [3.63, 3.8) is 0 Å². The summed E-state index contributed by atoms with van der Waals surface area (Å²) in [5, 5.41) is 5.22. The van der Waals surface area contributed by atoms with Crippen molar-refractivity contribution in [2.24, 2.45) is 0 Å². The van der Waals surface area contributed by atoms with Crippen LogP contribution in [0.3, 0.4) is 0 Å². The van der Waals surface area contributed by atoms with Gasteiger partial charge in [0.05, 0.1) is 28.4 Å². The predicted molar refractivity (Wildman–Crippen MR) is 134 cm³/mol. The molecule has 1 aliphatic rings. The summed E-state index contributed by atoms with van der Waals surface area (Å²) in [5.74, 6) is 1.09. The summed E-state index contributed by atoms with van der Waals surface area (Å²) in [6, 6.07) is 9.23. The van der Waals surface area contributed by atoms with Gasteiger partial charge in [0.2, 0.25) is 11.1 Å². The summed E-state index contributed by atoms with van der Waals surface area (Å²) in [6.07, 6.45) is -0.738. The number of nitrogens with one attached hydrogen (secondary N) is 1. The van der Waals surface area contributed by atoms with Crippen molar-refractivity contribution in [1.29, 1.82) is 0 Å². The Morgan fingerprint density at radius 1 is 1.25 bits per heavy atom. The van der Waals surface area contributed by atoms with Crippen LogP contribution in [0.15, 0.2) is 53.7 Å². The molecule has 1 aromatic heterocycles. The van der Waals surface area contributed by atoms with E-state index < -0.39 is 6.17 Å². The van der Waals surface area contributed by atoms with Gasteiger partial charge in [0, 0.05) is 21.0 Å². The lowest BCUT2D eigenvalue weighted by Gasteiger charge is -2.32. The SMILES string of the molecule is CCSc1n[n+]2c(c(=O)[nH]1)-c1cc(Br)ccc1N(C(C)=O)[C@@H]2c1cc(Br)cc(Br)c1OC. The van der Waals surface area contributed by atoms with E-state index in [4.69, 9.17) is 9.84 Å². The van der Waals surface area contributed by atoms with Gasteiger partial charge in [-0.1, -0.05) is 50.5 Å². The van der Waals surface area contributed by atoms with E-state index in [1.807, 2.05) is 37.3 Å². The number of hydrogen-bond acceptors (Lipinski definition) is 5. The third-order valence-electron chi connectivity index (χ3n) is 4.95. The minimum atomic E-state index is -0.738. The highest BCUT2D eigenvalue weighted by atomic mass is 79.9. The molecule has 7 nitrogen and oxygen atoms in total. The number of fused-ring (bicyclic) bond motifs is 3. The Morgan fingerprint density at radius 2 is 2.00 bits per heavy atom. The van der Waals surface area contributed by atoms with Gasteiger partial charge in [-0.05, 0) is 56.7 Å². The van der Waals surface area contributed by atoms with Crippen molar-refractivity contribution < 1.29 is 14.2 Å². The van der Waals surface area contributed by atoms with Gasteiger partial charge in [-0.15, -0.1) is 0 Å². The molecule has 1 aliphatic heterocycles. The molecule has 11 heteroatoms. The van der Waals surface area contributed by atoms with Crippen LogP contribution in [0.25, 0.3) is 11.3 Å². The Kier molecular flexibility index (Phi) is 6.81. The second-order valence-electron chi connectivity index (χ2n) is 6.92. The quantitative estimate of drug-likeness (QED) is 0.318. The molecule has 0 fully saturated rings. The molecule has 2 aromatic carbocycles. The van der Waals surface area contributed by atoms with Gasteiger partial charge in [-0.25, -0.2) is 4.90 Å². The van der Waals surface area contributed by atoms with Crippen LogP contribution in [0.5, 0.6) is 5.75 Å². The highest BCUT2D eigenvalue weighted by Crippen LogP contribution is 2.43. The fourth-order valence-electron chi connectivity index (χ4n) is 3.81. The van der Waals surface area contributed by atoms with Gasteiger partial charge in [-0.2, -0.15) is 0 Å². The number of thioether (sulfide) groups is 1. The first-order valence-electron chi connectivity index (χ1n) is 9.58. The van der Waals surface area contributed by atoms with Crippen LogP contribution >= 0.6 is 59.6 Å². The fraction of sp³-hybridized carbons (Fsp3) is 0.238. The Bertz CT molecular complexity index is 1300. The number of benzene rings is 2. The number of ether oxygens (including phenoxy) is 1. The zero-order valence-electron chi connectivity index (χ0n) is 17.3. The summed E-state index contributed by atoms with van der Waals surface area (Å²) in [5.41, 5.74) is 1.99. The number of H-pyrrole nitrogens is 1. The first-order valence-corrected chi connectivity index (χ1v) is 12.9. The summed E-state index contributed by atoms with van der Waals surface area (Å²) in [7, 11) is 1.57. The van der Waals surface area contributed by atoms with Gasteiger partial charge in [-0.3, -0.25) is 14.6 Å². The zero-order chi connectivity index (χ0) is 23.2. The smallest absolute Gasteiger partial charge is 0.325 e. The molecule has 2 heterocycles. The van der Waals surface area contributed by atoms with E-state index in [0.29, 0.717) is 37.9 Å². The van der Waals surface area contributed by atoms with Crippen LogP contribution in [0, 0.1) is 0 Å². The summed E-state index contributed by atoms with van der Waals surface area (Å²) in [4.78, 5) is 30.8. The number of rotatable bonds is 4. The number of anilines is 1. The molecule has 1 atom stereocenters. The molecule has 0 saturated carbocycles. The van der Waals surface area contributed by atoms with Crippen molar-refractivity contribution in [1.82, 2.24) is 10.1 Å². The molecular weight excluding hydrogens is 628 g/mol. The molecular formula is C21H18Br3N4O3S+. The molecule has 166 valence electrons. The third-order valence-corrected chi connectivity index (χ3v) is 7.24. The van der Waals surface area contributed by atoms with Crippen LogP contribution in [0.2, 0.25) is 0 Å². The number of carbonyl (C=O) groups excluding carboxylic acids is 1. The second kappa shape index (κ2) is 9.28. The van der Waals surface area contributed by atoms with Gasteiger partial charge < -0.3 is 4.74 Å². The molecule has 3 aromatic rings. The number of hydrogen-bond donors (Lipinski definition) is 1. The highest BCUT2D eigenvalue weighted by molar-refractivity contribution is 9.11. The van der Waals surface area contributed by atoms with E-state index in [1.165, 1.54) is 18.7 Å². The van der Waals surface area contributed by atoms with Crippen molar-refractivity contribution in [3.8, 4) is 17.0 Å². The lowest BCUT2D eigenvalue weighted by Crippen LogP contribution is -2.60. The molecule has 0 radical (unpaired) electrons. The largest absolute Gasteiger partial charge is 0.495 e. The van der Waals surface area contributed by atoms with Crippen molar-refractivity contribution in [2.75, 3.05) is 17.8 Å². The summed E-state index contributed by atoms with van der Waals surface area (Å²) < 4.78 is 9.61. The number of methoxy groups -OCH3 is 1. The fourth-order valence-corrected chi connectivity index (χ4v) is 6.17. The first-order chi connectivity index (χ1) is 15.3. The van der Waals surface area contributed by atoms with E-state index in [0.717, 1.165) is 14.7 Å². The number of nitrogens with zero attached hydrogens (tertiary/aromatic N) is 3. The predicted octanol–water partition coefficient (Wildman–Crippen LogP) is 5.05. The number of carbonyl (C=O) groups is 1. The van der Waals surface area contributed by atoms with Crippen LogP contribution in [-0.2, 0) is 4.79 Å². The molecule has 4 rings (SSSR count). The Hall–Kier alpha value is -1.69. The zero-order valence-corrected chi connectivity index (χ0v) is 22.9. The maximum absolute atomic E-state index is 13.3. The van der Waals surface area contributed by atoms with Gasteiger partial charge >= 0.3 is 11.3 Å². The number of halogens is 3. The molecule has 0 aliphatic carbocycles. The first kappa shape index (κ1) is 23.5. The molecule has 1 amide bonds. The molecule has 0 saturated heterocycles. The Balaban J connectivity index is 2.14. The highest BCUT2D eigenvalue weighted by Gasteiger charge is 2.46. The molecule has 1 N–H and O–H groups in total. The van der Waals surface area contributed by atoms with Crippen molar-refractivity contribution >= 4 is 71.1 Å². The van der Waals surface area contributed by atoms with Crippen LogP contribution < -0.4 is 19.9 Å². The third kappa shape index (κ3) is 4.04. The van der Waals surface area contributed by atoms with E-state index >= 15 is 0 Å². The monoisotopic (exact) mass is 643 g/mol. The maximum Gasteiger partial charge on any atom is 0.325 e. The number of aromatic nitrogens is 3. The lowest BCUT2D eigenvalue weighted by atomic mass is 10.0. The second-order valence-corrected chi connectivity index (χ2v) is 10.9. The van der Waals surface area contributed by atoms with Crippen LogP contribution in [0.4, 0.5) is 5.69 Å². The minimum absolute atomic E-state index is 0.193. The molecule has 0 bridgehead atoms. The molecule has 32 heavy (non-hydrogen) atoms. The summed E-state index contributed by atoms with van der Waals surface area (Å²) in [6.45, 7) is 3.48. The van der Waals surface area contributed by atoms with Gasteiger partial charge in [0.1, 0.15) is 5.75 Å². The van der Waals surface area contributed by atoms with E-state index in [2.05, 4.69) is 52.8 Å². The Labute approximate surface area is 213 Å². The van der Waals surface area contributed by atoms with Crippen molar-refractivity contribution in [2.45, 2.75) is 25.2 Å². The topological polar surface area (TPSA) is 79.2 Å². The van der Waals surface area contributed by atoms with Gasteiger partial charge in [0.25, 0.3) is 6.17 Å². The average Bonchev–Trinajstić information content (AvgIpc) is 2.72. The van der Waals surface area contributed by atoms with E-state index in [1.54, 1.807) is 16.7 Å². The summed E-state index contributed by atoms with van der Waals surface area (Å²) >= 11 is 12.0. The number of aromatic amines is 1. The minimum Gasteiger partial charge on any atom is -0.495 e. The van der Waals surface area contributed by atoms with Gasteiger partial charge in [0.15, 0.2) is 0 Å². The lowest BCUT2D eigenvalue weighted by molar-refractivity contribution is -0.763. The van der Waals surface area contributed by atoms with Crippen LogP contribution in [-0.4, -0.2) is 28.9 Å². The van der Waals surface area contributed by atoms with Crippen LogP contribution in [0.1, 0.15) is 25.6 Å². The van der Waals surface area contributed by atoms with E-state index in [9.17, 15) is 9.59 Å². The van der Waals surface area contributed by atoms with E-state index in [-0.39, 0.29) is 11.5 Å². The Morgan fingerprint density at radius 3 is 2.66 bits per heavy atom. The number of amides is 1.